The minimum absolute atomic E-state index is 0.0281. The van der Waals surface area contributed by atoms with Gasteiger partial charge in [-0.25, -0.2) is 0 Å². The van der Waals surface area contributed by atoms with E-state index in [1.54, 1.807) is 12.4 Å². The molecule has 0 aliphatic carbocycles. The topological polar surface area (TPSA) is 42.0 Å². The quantitative estimate of drug-likeness (QED) is 0.514. The Morgan fingerprint density at radius 2 is 2.27 bits per heavy atom. The molecule has 0 saturated heterocycles. The van der Waals surface area contributed by atoms with Crippen LogP contribution in [0.15, 0.2) is 18.5 Å². The number of unbranched alkanes of at least 4 members (excludes halogenated alkanes) is 1. The van der Waals surface area contributed by atoms with Gasteiger partial charge < -0.3 is 5.32 Å². The van der Waals surface area contributed by atoms with Gasteiger partial charge in [-0.05, 0) is 35.8 Å². The van der Waals surface area contributed by atoms with Gasteiger partial charge in [0.25, 0.3) is 5.91 Å². The molecule has 1 amide bonds. The van der Waals surface area contributed by atoms with E-state index in [0.717, 1.165) is 29.4 Å². The van der Waals surface area contributed by atoms with Gasteiger partial charge in [0.2, 0.25) is 0 Å². The van der Waals surface area contributed by atoms with E-state index < -0.39 is 0 Å². The van der Waals surface area contributed by atoms with Gasteiger partial charge in [0.05, 0.1) is 5.56 Å². The first-order valence-corrected chi connectivity index (χ1v) is 6.52. The molecule has 0 bridgehead atoms. The van der Waals surface area contributed by atoms with Gasteiger partial charge in [0, 0.05) is 18.9 Å². The Bertz CT molecular complexity index is 328. The molecule has 0 atom stereocenters. The standard InChI is InChI=1S/C11H15IN2O/c1-9-6-10(8-13-7-9)11(15)14-5-3-2-4-12/h6-8H,2-5H2,1H3,(H,14,15). The molecule has 0 radical (unpaired) electrons. The molecule has 4 heteroatoms. The molecule has 1 rings (SSSR count). The van der Waals surface area contributed by atoms with E-state index >= 15 is 0 Å². The minimum Gasteiger partial charge on any atom is -0.352 e. The Balaban J connectivity index is 2.40. The lowest BCUT2D eigenvalue weighted by atomic mass is 10.2. The normalized spacial score (nSPS) is 10.0. The second-order valence-corrected chi connectivity index (χ2v) is 4.48. The number of carbonyl (C=O) groups is 1. The van der Waals surface area contributed by atoms with Crippen LogP contribution in [-0.4, -0.2) is 21.9 Å². The summed E-state index contributed by atoms with van der Waals surface area (Å²) < 4.78 is 1.14. The fraction of sp³-hybridized carbons (Fsp3) is 0.455. The van der Waals surface area contributed by atoms with Crippen molar-refractivity contribution in [1.29, 1.82) is 0 Å². The summed E-state index contributed by atoms with van der Waals surface area (Å²) in [6.45, 7) is 2.68. The average Bonchev–Trinajstić information content (AvgIpc) is 2.24. The highest BCUT2D eigenvalue weighted by Gasteiger charge is 2.04. The van der Waals surface area contributed by atoms with Crippen molar-refractivity contribution in [1.82, 2.24) is 10.3 Å². The zero-order valence-corrected chi connectivity index (χ0v) is 11.0. The van der Waals surface area contributed by atoms with Crippen molar-refractivity contribution in [2.45, 2.75) is 19.8 Å². The van der Waals surface area contributed by atoms with Crippen molar-refractivity contribution in [3.05, 3.63) is 29.6 Å². The minimum atomic E-state index is -0.0281. The van der Waals surface area contributed by atoms with Gasteiger partial charge >= 0.3 is 0 Å². The van der Waals surface area contributed by atoms with Crippen LogP contribution in [0.1, 0.15) is 28.8 Å². The van der Waals surface area contributed by atoms with Gasteiger partial charge in [0.1, 0.15) is 0 Å². The second-order valence-electron chi connectivity index (χ2n) is 3.40. The van der Waals surface area contributed by atoms with Crippen LogP contribution in [-0.2, 0) is 0 Å². The van der Waals surface area contributed by atoms with Crippen molar-refractivity contribution in [3.8, 4) is 0 Å². The van der Waals surface area contributed by atoms with Crippen LogP contribution in [0.3, 0.4) is 0 Å². The third kappa shape index (κ3) is 4.59. The molecule has 3 nitrogen and oxygen atoms in total. The fourth-order valence-electron chi connectivity index (χ4n) is 1.20. The Hall–Kier alpha value is -0.650. The summed E-state index contributed by atoms with van der Waals surface area (Å²) in [5.41, 5.74) is 1.65. The van der Waals surface area contributed by atoms with Crippen molar-refractivity contribution in [3.63, 3.8) is 0 Å². The summed E-state index contributed by atoms with van der Waals surface area (Å²) >= 11 is 2.34. The number of pyridine rings is 1. The van der Waals surface area contributed by atoms with Crippen molar-refractivity contribution in [2.75, 3.05) is 11.0 Å². The summed E-state index contributed by atoms with van der Waals surface area (Å²) in [6, 6.07) is 1.85. The number of aromatic nitrogens is 1. The smallest absolute Gasteiger partial charge is 0.252 e. The van der Waals surface area contributed by atoms with E-state index in [1.165, 1.54) is 0 Å². The monoisotopic (exact) mass is 318 g/mol. The Morgan fingerprint density at radius 1 is 1.47 bits per heavy atom. The highest BCUT2D eigenvalue weighted by molar-refractivity contribution is 14.1. The van der Waals surface area contributed by atoms with Crippen molar-refractivity contribution in [2.24, 2.45) is 0 Å². The van der Waals surface area contributed by atoms with Crippen LogP contribution < -0.4 is 5.32 Å². The first kappa shape index (κ1) is 12.4. The van der Waals surface area contributed by atoms with E-state index in [4.69, 9.17) is 0 Å². The third-order valence-electron chi connectivity index (χ3n) is 1.98. The zero-order chi connectivity index (χ0) is 11.1. The first-order valence-electron chi connectivity index (χ1n) is 5.00. The number of rotatable bonds is 5. The Morgan fingerprint density at radius 3 is 2.93 bits per heavy atom. The number of aryl methyl sites for hydroxylation is 1. The van der Waals surface area contributed by atoms with Crippen molar-refractivity contribution < 1.29 is 4.79 Å². The van der Waals surface area contributed by atoms with Crippen LogP contribution in [0.5, 0.6) is 0 Å². The molecule has 1 aromatic rings. The molecular weight excluding hydrogens is 303 g/mol. The molecule has 0 unspecified atom stereocenters. The van der Waals surface area contributed by atoms with Crippen LogP contribution in [0, 0.1) is 6.92 Å². The maximum Gasteiger partial charge on any atom is 0.252 e. The molecule has 0 fully saturated rings. The van der Waals surface area contributed by atoms with E-state index in [0.29, 0.717) is 5.56 Å². The summed E-state index contributed by atoms with van der Waals surface area (Å²) in [5.74, 6) is -0.0281. The van der Waals surface area contributed by atoms with E-state index in [-0.39, 0.29) is 5.91 Å². The molecule has 0 spiro atoms. The summed E-state index contributed by atoms with van der Waals surface area (Å²) in [6.07, 6.45) is 5.52. The SMILES string of the molecule is Cc1cncc(C(=O)NCCCCI)c1. The number of halogens is 1. The largest absolute Gasteiger partial charge is 0.352 e. The summed E-state index contributed by atoms with van der Waals surface area (Å²) in [7, 11) is 0. The summed E-state index contributed by atoms with van der Waals surface area (Å²) in [4.78, 5) is 15.6. The Labute approximate surface area is 104 Å². The highest BCUT2D eigenvalue weighted by Crippen LogP contribution is 2.01. The molecule has 1 N–H and O–H groups in total. The maximum atomic E-state index is 11.6. The van der Waals surface area contributed by atoms with Crippen molar-refractivity contribution >= 4 is 28.5 Å². The molecule has 82 valence electrons. The van der Waals surface area contributed by atoms with Gasteiger partial charge in [-0.15, -0.1) is 0 Å². The van der Waals surface area contributed by atoms with E-state index in [2.05, 4.69) is 32.9 Å². The second kappa shape index (κ2) is 6.76. The lowest BCUT2D eigenvalue weighted by Gasteiger charge is -2.04. The van der Waals surface area contributed by atoms with Crippen LogP contribution >= 0.6 is 22.6 Å². The number of alkyl halides is 1. The number of hydrogen-bond acceptors (Lipinski definition) is 2. The third-order valence-corrected chi connectivity index (χ3v) is 2.75. The van der Waals surface area contributed by atoms with E-state index in [1.807, 2.05) is 13.0 Å². The number of nitrogens with one attached hydrogen (secondary N) is 1. The molecule has 0 aliphatic rings. The number of hydrogen-bond donors (Lipinski definition) is 1. The van der Waals surface area contributed by atoms with Gasteiger partial charge in [-0.1, -0.05) is 22.6 Å². The molecule has 0 aliphatic heterocycles. The predicted octanol–water partition coefficient (Wildman–Crippen LogP) is 2.34. The van der Waals surface area contributed by atoms with Gasteiger partial charge in [-0.3, -0.25) is 9.78 Å². The number of nitrogens with zero attached hydrogens (tertiary/aromatic N) is 1. The molecular formula is C11H15IN2O. The first-order chi connectivity index (χ1) is 7.24. The maximum absolute atomic E-state index is 11.6. The molecule has 15 heavy (non-hydrogen) atoms. The predicted molar refractivity (Wildman–Crippen MR) is 69.4 cm³/mol. The molecule has 1 aromatic heterocycles. The molecule has 1 heterocycles. The van der Waals surface area contributed by atoms with Gasteiger partial charge in [0.15, 0.2) is 0 Å². The highest BCUT2D eigenvalue weighted by atomic mass is 127. The number of carbonyl (C=O) groups excluding carboxylic acids is 1. The zero-order valence-electron chi connectivity index (χ0n) is 8.79. The molecule has 0 saturated carbocycles. The van der Waals surface area contributed by atoms with Crippen LogP contribution in [0.4, 0.5) is 0 Å². The van der Waals surface area contributed by atoms with Crippen LogP contribution in [0.25, 0.3) is 0 Å². The molecule has 0 aromatic carbocycles. The average molecular weight is 318 g/mol. The van der Waals surface area contributed by atoms with Crippen LogP contribution in [0.2, 0.25) is 0 Å². The Kier molecular flexibility index (Phi) is 5.60. The van der Waals surface area contributed by atoms with E-state index in [9.17, 15) is 4.79 Å². The van der Waals surface area contributed by atoms with Gasteiger partial charge in [-0.2, -0.15) is 0 Å². The lowest BCUT2D eigenvalue weighted by molar-refractivity contribution is 0.0952. The summed E-state index contributed by atoms with van der Waals surface area (Å²) in [5, 5.41) is 2.88. The number of amides is 1. The fourth-order valence-corrected chi connectivity index (χ4v) is 1.74. The lowest BCUT2D eigenvalue weighted by Crippen LogP contribution is -2.24.